The third-order valence-corrected chi connectivity index (χ3v) is 10.1. The number of hydrogen-bond acceptors (Lipinski definition) is 1. The summed E-state index contributed by atoms with van der Waals surface area (Å²) < 4.78 is 2.19. The van der Waals surface area contributed by atoms with Gasteiger partial charge in [0.25, 0.3) is 0 Å². The van der Waals surface area contributed by atoms with Gasteiger partial charge in [0.1, 0.15) is 0 Å². The average Bonchev–Trinajstić information content (AvgIpc) is 1.87. The first-order valence-corrected chi connectivity index (χ1v) is 8.37. The molecule has 0 aromatic rings. The molecule has 0 rings (SSSR count). The van der Waals surface area contributed by atoms with E-state index in [0.717, 1.165) is 13.1 Å². The fourth-order valence-electron chi connectivity index (χ4n) is 1.10. The first-order valence-electron chi connectivity index (χ1n) is 4.40. The molecule has 74 valence electrons. The topological polar surface area (TPSA) is 3.24 Å². The fraction of sp³-hybridized carbons (Fsp3) is 1.00. The summed E-state index contributed by atoms with van der Waals surface area (Å²) in [4.78, 5) is 0. The molecule has 0 aliphatic carbocycles. The monoisotopic (exact) mass is 227 g/mol. The summed E-state index contributed by atoms with van der Waals surface area (Å²) in [5.74, 6) is 0. The average molecular weight is 228 g/mol. The number of nitrogens with zero attached hydrogens (tertiary/aromatic N) is 1. The van der Waals surface area contributed by atoms with Crippen LogP contribution in [0.4, 0.5) is 0 Å². The Bertz CT molecular complexity index is 138. The maximum absolute atomic E-state index is 6.41. The highest BCUT2D eigenvalue weighted by Crippen LogP contribution is 2.43. The van der Waals surface area contributed by atoms with Gasteiger partial charge in [-0.1, -0.05) is 34.6 Å². The molecular weight excluding hydrogens is 209 g/mol. The van der Waals surface area contributed by atoms with Crippen LogP contribution in [0.3, 0.4) is 0 Å². The van der Waals surface area contributed by atoms with Gasteiger partial charge in [0.05, 0.1) is 0 Å². The van der Waals surface area contributed by atoms with Crippen molar-refractivity contribution in [1.82, 2.24) is 4.57 Å². The molecule has 0 bridgehead atoms. The van der Waals surface area contributed by atoms with Crippen molar-refractivity contribution in [3.63, 3.8) is 0 Å². The first-order chi connectivity index (χ1) is 5.27. The highest BCUT2D eigenvalue weighted by atomic mass is 35.7. The van der Waals surface area contributed by atoms with Crippen molar-refractivity contribution in [2.24, 2.45) is 0 Å². The highest BCUT2D eigenvalue weighted by molar-refractivity contribution is 7.45. The molecule has 0 aromatic heterocycles. The Kier molecular flexibility index (Phi) is 4.59. The zero-order valence-corrected chi connectivity index (χ0v) is 11.1. The molecule has 0 saturated carbocycles. The molecule has 0 fully saturated rings. The summed E-state index contributed by atoms with van der Waals surface area (Å²) in [5.41, 5.74) is 0. The molecule has 0 amide bonds. The van der Waals surface area contributed by atoms with Gasteiger partial charge in [0, 0.05) is 0 Å². The molecule has 0 radical (unpaired) electrons. The Morgan fingerprint density at radius 1 is 1.08 bits per heavy atom. The van der Waals surface area contributed by atoms with E-state index in [9.17, 15) is 0 Å². The predicted octanol–water partition coefficient (Wildman–Crippen LogP) is 3.54. The van der Waals surface area contributed by atoms with Crippen LogP contribution < -0.4 is 0 Å². The summed E-state index contributed by atoms with van der Waals surface area (Å²) in [7, 11) is 0. The second kappa shape index (κ2) is 4.31. The Morgan fingerprint density at radius 2 is 1.42 bits per heavy atom. The molecule has 0 atom stereocenters. The van der Waals surface area contributed by atoms with Gasteiger partial charge in [-0.3, -0.25) is 0 Å². The van der Waals surface area contributed by atoms with Crippen LogP contribution in [0.2, 0.25) is 5.04 Å². The van der Waals surface area contributed by atoms with Crippen molar-refractivity contribution >= 4 is 29.0 Å². The van der Waals surface area contributed by atoms with Gasteiger partial charge in [-0.2, -0.15) is 0 Å². The molecule has 0 aliphatic rings. The number of halogens is 2. The Balaban J connectivity index is 4.57. The van der Waals surface area contributed by atoms with Crippen molar-refractivity contribution < 1.29 is 0 Å². The summed E-state index contributed by atoms with van der Waals surface area (Å²) >= 11 is 12.8. The zero-order chi connectivity index (χ0) is 9.99. The van der Waals surface area contributed by atoms with Gasteiger partial charge in [0.15, 0.2) is 0 Å². The van der Waals surface area contributed by atoms with E-state index in [0.29, 0.717) is 0 Å². The van der Waals surface area contributed by atoms with Gasteiger partial charge in [-0.25, -0.2) is 0 Å². The molecule has 4 heteroatoms. The third-order valence-electron chi connectivity index (χ3n) is 2.06. The predicted molar refractivity (Wildman–Crippen MR) is 60.1 cm³/mol. The van der Waals surface area contributed by atoms with Crippen LogP contribution in [0.5, 0.6) is 0 Å². The molecule has 0 N–H and O–H groups in total. The van der Waals surface area contributed by atoms with Crippen LogP contribution in [0.15, 0.2) is 0 Å². The molecule has 0 saturated heterocycles. The number of rotatable bonds is 3. The van der Waals surface area contributed by atoms with Crippen LogP contribution in [-0.4, -0.2) is 24.5 Å². The van der Waals surface area contributed by atoms with Crippen molar-refractivity contribution in [2.45, 2.75) is 39.7 Å². The van der Waals surface area contributed by atoms with Crippen molar-refractivity contribution in [3.8, 4) is 0 Å². The van der Waals surface area contributed by atoms with E-state index < -0.39 is 6.86 Å². The summed E-state index contributed by atoms with van der Waals surface area (Å²) in [6.45, 7) is 10.1. The van der Waals surface area contributed by atoms with E-state index in [4.69, 9.17) is 22.2 Å². The van der Waals surface area contributed by atoms with E-state index in [2.05, 4.69) is 39.2 Å². The fourth-order valence-corrected chi connectivity index (χ4v) is 4.27. The second-order valence-electron chi connectivity index (χ2n) is 3.96. The lowest BCUT2D eigenvalue weighted by atomic mass is 10.3. The minimum atomic E-state index is -2.26. The standard InChI is InChI=1S/C8H19Cl2NSi/c1-6-11(7-2)12(9,10)8(3,4)5/h6-7H2,1-5H3. The van der Waals surface area contributed by atoms with Gasteiger partial charge < -0.3 is 4.57 Å². The van der Waals surface area contributed by atoms with Gasteiger partial charge in [0.2, 0.25) is 0 Å². The van der Waals surface area contributed by atoms with Gasteiger partial charge in [-0.05, 0) is 18.1 Å². The highest BCUT2D eigenvalue weighted by Gasteiger charge is 2.46. The SMILES string of the molecule is CCN(CC)[Si](Cl)(Cl)C(C)(C)C. The summed E-state index contributed by atoms with van der Waals surface area (Å²) in [5, 5.41) is 0.0160. The lowest BCUT2D eigenvalue weighted by molar-refractivity contribution is 0.458. The van der Waals surface area contributed by atoms with Crippen molar-refractivity contribution in [3.05, 3.63) is 0 Å². The van der Waals surface area contributed by atoms with E-state index in [1.54, 1.807) is 0 Å². The molecular formula is C8H19Cl2NSi. The lowest BCUT2D eigenvalue weighted by Gasteiger charge is -2.39. The molecule has 0 aliphatic heterocycles. The molecule has 0 aromatic carbocycles. The normalized spacial score (nSPS) is 14.0. The summed E-state index contributed by atoms with van der Waals surface area (Å²) in [6, 6.07) is 0. The first kappa shape index (κ1) is 12.8. The quantitative estimate of drug-likeness (QED) is 0.527. The van der Waals surface area contributed by atoms with Crippen molar-refractivity contribution in [2.75, 3.05) is 13.1 Å². The van der Waals surface area contributed by atoms with Crippen LogP contribution in [0.25, 0.3) is 0 Å². The molecule has 0 unspecified atom stereocenters. The lowest BCUT2D eigenvalue weighted by Crippen LogP contribution is -2.50. The minimum absolute atomic E-state index is 0.0160. The van der Waals surface area contributed by atoms with Crippen LogP contribution in [0, 0.1) is 0 Å². The molecule has 0 heterocycles. The van der Waals surface area contributed by atoms with Crippen LogP contribution in [0.1, 0.15) is 34.6 Å². The second-order valence-corrected chi connectivity index (χ2v) is 11.0. The summed E-state index contributed by atoms with van der Waals surface area (Å²) in [6.07, 6.45) is 0. The minimum Gasteiger partial charge on any atom is -0.300 e. The van der Waals surface area contributed by atoms with Gasteiger partial charge in [-0.15, -0.1) is 22.2 Å². The largest absolute Gasteiger partial charge is 0.330 e. The van der Waals surface area contributed by atoms with E-state index in [1.165, 1.54) is 0 Å². The van der Waals surface area contributed by atoms with E-state index in [1.807, 2.05) is 0 Å². The van der Waals surface area contributed by atoms with Crippen molar-refractivity contribution in [1.29, 1.82) is 0 Å². The maximum Gasteiger partial charge on any atom is 0.330 e. The Labute approximate surface area is 86.5 Å². The molecule has 0 spiro atoms. The van der Waals surface area contributed by atoms with Gasteiger partial charge >= 0.3 is 6.86 Å². The molecule has 1 nitrogen and oxygen atoms in total. The van der Waals surface area contributed by atoms with Crippen LogP contribution in [-0.2, 0) is 0 Å². The Hall–Kier alpha value is 0.757. The Morgan fingerprint density at radius 3 is 1.50 bits per heavy atom. The van der Waals surface area contributed by atoms with Crippen LogP contribution >= 0.6 is 22.2 Å². The third kappa shape index (κ3) is 2.62. The maximum atomic E-state index is 6.41. The van der Waals surface area contributed by atoms with E-state index in [-0.39, 0.29) is 5.04 Å². The van der Waals surface area contributed by atoms with E-state index >= 15 is 0 Å². The smallest absolute Gasteiger partial charge is 0.300 e. The number of hydrogen-bond donors (Lipinski definition) is 0. The molecule has 12 heavy (non-hydrogen) atoms. The zero-order valence-electron chi connectivity index (χ0n) is 8.62.